The Hall–Kier alpha value is -2.47. The molecule has 1 aromatic carbocycles. The van der Waals surface area contributed by atoms with Gasteiger partial charge in [0.25, 0.3) is 0 Å². The first-order valence-electron chi connectivity index (χ1n) is 10.4. The van der Waals surface area contributed by atoms with Crippen LogP contribution in [0.2, 0.25) is 0 Å². The predicted molar refractivity (Wildman–Crippen MR) is 141 cm³/mol. The molecule has 0 aliphatic carbocycles. The van der Waals surface area contributed by atoms with E-state index in [0.717, 1.165) is 55.0 Å². The number of nitrogens with zero attached hydrogens (tertiary/aromatic N) is 6. The van der Waals surface area contributed by atoms with Crippen molar-refractivity contribution in [2.24, 2.45) is 12.0 Å². The van der Waals surface area contributed by atoms with Crippen molar-refractivity contribution in [2.75, 3.05) is 6.54 Å². The molecule has 4 rings (SSSR count). The summed E-state index contributed by atoms with van der Waals surface area (Å²) >= 11 is 1.73. The highest BCUT2D eigenvalue weighted by atomic mass is 127. The van der Waals surface area contributed by atoms with Gasteiger partial charge in [-0.3, -0.25) is 0 Å². The minimum Gasteiger partial charge on any atom is -0.356 e. The van der Waals surface area contributed by atoms with Crippen LogP contribution < -0.4 is 10.6 Å². The highest BCUT2D eigenvalue weighted by Crippen LogP contribution is 2.15. The summed E-state index contributed by atoms with van der Waals surface area (Å²) in [4.78, 5) is 10.6. The van der Waals surface area contributed by atoms with Gasteiger partial charge in [-0.1, -0.05) is 18.2 Å². The second-order valence-corrected chi connectivity index (χ2v) is 8.43. The molecule has 0 unspecified atom stereocenters. The van der Waals surface area contributed by atoms with Crippen LogP contribution in [0.5, 0.6) is 0 Å². The first-order valence-corrected chi connectivity index (χ1v) is 11.3. The van der Waals surface area contributed by atoms with Crippen molar-refractivity contribution >= 4 is 52.3 Å². The summed E-state index contributed by atoms with van der Waals surface area (Å²) in [5, 5.41) is 17.3. The van der Waals surface area contributed by atoms with Crippen LogP contribution in [0, 0.1) is 13.8 Å². The fourth-order valence-electron chi connectivity index (χ4n) is 3.42. The van der Waals surface area contributed by atoms with Gasteiger partial charge in [-0.15, -0.1) is 45.5 Å². The number of aromatic nitrogens is 5. The molecule has 0 aliphatic heterocycles. The van der Waals surface area contributed by atoms with Gasteiger partial charge in [0.15, 0.2) is 11.8 Å². The molecular weight excluding hydrogens is 535 g/mol. The summed E-state index contributed by atoms with van der Waals surface area (Å²) in [5.74, 6) is 3.55. The van der Waals surface area contributed by atoms with Gasteiger partial charge in [0.05, 0.1) is 17.6 Å². The van der Waals surface area contributed by atoms with Gasteiger partial charge < -0.3 is 19.8 Å². The molecule has 0 atom stereocenters. The van der Waals surface area contributed by atoms with E-state index in [1.165, 1.54) is 10.4 Å². The highest BCUT2D eigenvalue weighted by molar-refractivity contribution is 14.0. The Balaban J connectivity index is 0.00000289. The van der Waals surface area contributed by atoms with Gasteiger partial charge in [-0.2, -0.15) is 0 Å². The van der Waals surface area contributed by atoms with E-state index in [2.05, 4.69) is 73.0 Å². The van der Waals surface area contributed by atoms with Crippen molar-refractivity contribution in [3.63, 3.8) is 0 Å². The SMILES string of the molecule is Cc1nnc(CN=C(NCCCn2c(C)nc3ccccc32)NCc2cccs2)n1C.I. The van der Waals surface area contributed by atoms with Crippen LogP contribution in [0.1, 0.15) is 28.8 Å². The van der Waals surface area contributed by atoms with Crippen LogP contribution in [0.15, 0.2) is 46.8 Å². The number of hydrogen-bond acceptors (Lipinski definition) is 5. The van der Waals surface area contributed by atoms with Crippen molar-refractivity contribution < 1.29 is 0 Å². The number of aryl methyl sites for hydroxylation is 3. The Morgan fingerprint density at radius 1 is 1.06 bits per heavy atom. The van der Waals surface area contributed by atoms with E-state index in [0.29, 0.717) is 6.54 Å². The Morgan fingerprint density at radius 3 is 2.66 bits per heavy atom. The topological polar surface area (TPSA) is 85.0 Å². The fraction of sp³-hybridized carbons (Fsp3) is 0.364. The van der Waals surface area contributed by atoms with Crippen molar-refractivity contribution in [2.45, 2.75) is 39.9 Å². The van der Waals surface area contributed by atoms with Gasteiger partial charge in [0, 0.05) is 25.0 Å². The largest absolute Gasteiger partial charge is 0.356 e. The summed E-state index contributed by atoms with van der Waals surface area (Å²) in [5.41, 5.74) is 2.23. The fourth-order valence-corrected chi connectivity index (χ4v) is 4.06. The molecule has 0 spiro atoms. The van der Waals surface area contributed by atoms with Crippen LogP contribution in [-0.2, 0) is 26.7 Å². The third-order valence-corrected chi connectivity index (χ3v) is 6.14. The monoisotopic (exact) mass is 564 g/mol. The Morgan fingerprint density at radius 2 is 1.91 bits per heavy atom. The number of imidazole rings is 1. The average Bonchev–Trinajstić information content (AvgIpc) is 3.48. The molecule has 0 amide bonds. The third-order valence-electron chi connectivity index (χ3n) is 5.27. The van der Waals surface area contributed by atoms with E-state index in [1.54, 1.807) is 11.3 Å². The van der Waals surface area contributed by atoms with E-state index in [9.17, 15) is 0 Å². The third kappa shape index (κ3) is 5.85. The van der Waals surface area contributed by atoms with Crippen LogP contribution in [0.25, 0.3) is 11.0 Å². The van der Waals surface area contributed by atoms with E-state index >= 15 is 0 Å². The molecule has 170 valence electrons. The van der Waals surface area contributed by atoms with Crippen LogP contribution in [0.3, 0.4) is 0 Å². The van der Waals surface area contributed by atoms with Gasteiger partial charge in [-0.05, 0) is 43.8 Å². The Bertz CT molecular complexity index is 1160. The molecule has 0 fully saturated rings. The maximum atomic E-state index is 4.73. The lowest BCUT2D eigenvalue weighted by atomic mass is 10.3. The Labute approximate surface area is 209 Å². The number of rotatable bonds is 8. The lowest BCUT2D eigenvalue weighted by molar-refractivity contribution is 0.623. The first-order chi connectivity index (χ1) is 15.1. The average molecular weight is 565 g/mol. The second-order valence-electron chi connectivity index (χ2n) is 7.40. The van der Waals surface area contributed by atoms with E-state index in [-0.39, 0.29) is 24.0 Å². The number of thiophene rings is 1. The number of aliphatic imine (C=N–C) groups is 1. The molecule has 4 aromatic rings. The van der Waals surface area contributed by atoms with Crippen molar-refractivity contribution in [3.05, 3.63) is 64.1 Å². The number of nitrogens with one attached hydrogen (secondary N) is 2. The number of fused-ring (bicyclic) bond motifs is 1. The van der Waals surface area contributed by atoms with Crippen molar-refractivity contribution in [3.8, 4) is 0 Å². The molecule has 32 heavy (non-hydrogen) atoms. The molecule has 2 N–H and O–H groups in total. The number of halogens is 1. The highest BCUT2D eigenvalue weighted by Gasteiger charge is 2.08. The zero-order valence-corrected chi connectivity index (χ0v) is 21.7. The number of benzene rings is 1. The van der Waals surface area contributed by atoms with E-state index in [4.69, 9.17) is 4.99 Å². The summed E-state index contributed by atoms with van der Waals surface area (Å²) in [7, 11) is 1.96. The van der Waals surface area contributed by atoms with Gasteiger partial charge in [0.2, 0.25) is 0 Å². The maximum absolute atomic E-state index is 4.73. The van der Waals surface area contributed by atoms with Gasteiger partial charge in [-0.25, -0.2) is 9.98 Å². The van der Waals surface area contributed by atoms with E-state index in [1.807, 2.05) is 24.6 Å². The molecule has 3 aromatic heterocycles. The van der Waals surface area contributed by atoms with Gasteiger partial charge in [0.1, 0.15) is 18.2 Å². The van der Waals surface area contributed by atoms with E-state index < -0.39 is 0 Å². The number of guanidine groups is 1. The molecule has 8 nitrogen and oxygen atoms in total. The minimum absolute atomic E-state index is 0. The smallest absolute Gasteiger partial charge is 0.192 e. The number of para-hydroxylation sites is 2. The molecular formula is C22H29IN8S. The summed E-state index contributed by atoms with van der Waals surface area (Å²) in [6.07, 6.45) is 0.962. The van der Waals surface area contributed by atoms with Crippen LogP contribution in [-0.4, -0.2) is 36.8 Å². The second kappa shape index (κ2) is 11.4. The number of hydrogen-bond donors (Lipinski definition) is 2. The lowest BCUT2D eigenvalue weighted by Gasteiger charge is -2.13. The molecule has 0 bridgehead atoms. The molecule has 0 radical (unpaired) electrons. The molecule has 10 heteroatoms. The summed E-state index contributed by atoms with van der Waals surface area (Å²) < 4.78 is 4.24. The zero-order valence-electron chi connectivity index (χ0n) is 18.6. The predicted octanol–water partition coefficient (Wildman–Crippen LogP) is 3.79. The Kier molecular flexibility index (Phi) is 8.62. The summed E-state index contributed by atoms with van der Waals surface area (Å²) in [6.45, 7) is 6.93. The first kappa shape index (κ1) is 24.2. The lowest BCUT2D eigenvalue weighted by Crippen LogP contribution is -2.37. The van der Waals surface area contributed by atoms with Gasteiger partial charge >= 0.3 is 0 Å². The van der Waals surface area contributed by atoms with Crippen molar-refractivity contribution in [1.29, 1.82) is 0 Å². The molecule has 0 aliphatic rings. The van der Waals surface area contributed by atoms with Crippen LogP contribution in [0.4, 0.5) is 0 Å². The minimum atomic E-state index is 0. The normalized spacial score (nSPS) is 11.5. The summed E-state index contributed by atoms with van der Waals surface area (Å²) in [6, 6.07) is 12.5. The zero-order chi connectivity index (χ0) is 21.6. The standard InChI is InChI=1S/C22H28N8S.HI/c1-16-26-19-9-4-5-10-20(19)30(16)12-7-11-23-22(24-14-18-8-6-13-31-18)25-15-21-28-27-17(2)29(21)3;/h4-6,8-10,13H,7,11-12,14-15H2,1-3H3,(H2,23,24,25);1H. The molecule has 3 heterocycles. The molecule has 0 saturated carbocycles. The maximum Gasteiger partial charge on any atom is 0.192 e. The van der Waals surface area contributed by atoms with Crippen LogP contribution >= 0.6 is 35.3 Å². The quantitative estimate of drug-likeness (QED) is 0.147. The van der Waals surface area contributed by atoms with Crippen molar-refractivity contribution in [1.82, 2.24) is 34.9 Å². The molecule has 0 saturated heterocycles.